The first-order valence-electron chi connectivity index (χ1n) is 5.01. The smallest absolute Gasteiger partial charge is 0.143 e. The summed E-state index contributed by atoms with van der Waals surface area (Å²) in [5.74, 6) is 0.244. The van der Waals surface area contributed by atoms with Gasteiger partial charge in [-0.15, -0.1) is 0 Å². The summed E-state index contributed by atoms with van der Waals surface area (Å²) in [5.41, 5.74) is 2.43. The van der Waals surface area contributed by atoms with Crippen molar-refractivity contribution in [2.24, 2.45) is 0 Å². The largest absolute Gasteiger partial charge is 0.506 e. The number of benzene rings is 1. The van der Waals surface area contributed by atoms with Crippen molar-refractivity contribution in [1.82, 2.24) is 5.32 Å². The van der Waals surface area contributed by atoms with E-state index in [1.807, 2.05) is 12.1 Å². The SMILES string of the molecule is CC(C)=CCNCc1cc(Br)c(O)c(Br)c1. The van der Waals surface area contributed by atoms with Crippen molar-refractivity contribution in [2.45, 2.75) is 20.4 Å². The van der Waals surface area contributed by atoms with Gasteiger partial charge >= 0.3 is 0 Å². The summed E-state index contributed by atoms with van der Waals surface area (Å²) in [4.78, 5) is 0. The quantitative estimate of drug-likeness (QED) is 0.637. The van der Waals surface area contributed by atoms with E-state index in [4.69, 9.17) is 0 Å². The Morgan fingerprint density at radius 2 is 1.88 bits per heavy atom. The van der Waals surface area contributed by atoms with Crippen molar-refractivity contribution in [3.8, 4) is 5.75 Å². The lowest BCUT2D eigenvalue weighted by Gasteiger charge is -2.06. The third-order valence-electron chi connectivity index (χ3n) is 2.06. The Morgan fingerprint density at radius 1 is 1.31 bits per heavy atom. The first-order valence-corrected chi connectivity index (χ1v) is 6.60. The molecule has 0 saturated carbocycles. The molecule has 0 fully saturated rings. The molecule has 1 aromatic rings. The molecule has 1 aromatic carbocycles. The van der Waals surface area contributed by atoms with Gasteiger partial charge in [0.15, 0.2) is 0 Å². The number of aromatic hydroxyl groups is 1. The lowest BCUT2D eigenvalue weighted by Crippen LogP contribution is -2.13. The molecule has 0 bridgehead atoms. The normalized spacial score (nSPS) is 10.2. The number of halogens is 2. The fourth-order valence-corrected chi connectivity index (χ4v) is 2.49. The highest BCUT2D eigenvalue weighted by Crippen LogP contribution is 2.33. The zero-order valence-electron chi connectivity index (χ0n) is 9.35. The van der Waals surface area contributed by atoms with Crippen molar-refractivity contribution >= 4 is 31.9 Å². The van der Waals surface area contributed by atoms with Crippen molar-refractivity contribution in [3.05, 3.63) is 38.3 Å². The summed E-state index contributed by atoms with van der Waals surface area (Å²) in [6.45, 7) is 5.80. The fourth-order valence-electron chi connectivity index (χ4n) is 1.21. The van der Waals surface area contributed by atoms with Gasteiger partial charge in [0.2, 0.25) is 0 Å². The highest BCUT2D eigenvalue weighted by atomic mass is 79.9. The molecule has 16 heavy (non-hydrogen) atoms. The molecule has 1 rings (SSSR count). The molecular weight excluding hydrogens is 334 g/mol. The van der Waals surface area contributed by atoms with Crippen LogP contribution in [0.25, 0.3) is 0 Å². The van der Waals surface area contributed by atoms with Gasteiger partial charge in [0.25, 0.3) is 0 Å². The summed E-state index contributed by atoms with van der Waals surface area (Å²) in [5, 5.41) is 12.9. The Balaban J connectivity index is 2.58. The maximum Gasteiger partial charge on any atom is 0.143 e. The minimum atomic E-state index is 0.244. The molecule has 0 aliphatic rings. The van der Waals surface area contributed by atoms with Gasteiger partial charge in [0.05, 0.1) is 8.95 Å². The molecule has 0 aliphatic carbocycles. The van der Waals surface area contributed by atoms with Gasteiger partial charge in [0, 0.05) is 13.1 Å². The summed E-state index contributed by atoms with van der Waals surface area (Å²) in [6.07, 6.45) is 2.14. The Hall–Kier alpha value is -0.320. The molecule has 2 nitrogen and oxygen atoms in total. The Labute approximate surface area is 113 Å². The van der Waals surface area contributed by atoms with E-state index in [9.17, 15) is 5.11 Å². The van der Waals surface area contributed by atoms with E-state index in [1.165, 1.54) is 5.57 Å². The number of nitrogens with one attached hydrogen (secondary N) is 1. The summed E-state index contributed by atoms with van der Waals surface area (Å²) < 4.78 is 1.42. The van der Waals surface area contributed by atoms with Crippen LogP contribution in [-0.2, 0) is 6.54 Å². The predicted octanol–water partition coefficient (Wildman–Crippen LogP) is 3.97. The van der Waals surface area contributed by atoms with E-state index < -0.39 is 0 Å². The minimum Gasteiger partial charge on any atom is -0.506 e. The lowest BCUT2D eigenvalue weighted by molar-refractivity contribution is 0.468. The molecular formula is C12H15Br2NO. The van der Waals surface area contributed by atoms with Gasteiger partial charge in [-0.05, 0) is 63.4 Å². The molecule has 0 atom stereocenters. The van der Waals surface area contributed by atoms with E-state index in [0.717, 1.165) is 18.7 Å². The first kappa shape index (κ1) is 13.7. The Morgan fingerprint density at radius 3 is 2.38 bits per heavy atom. The minimum absolute atomic E-state index is 0.244. The number of allylic oxidation sites excluding steroid dienone is 1. The van der Waals surface area contributed by atoms with E-state index in [1.54, 1.807) is 0 Å². The fraction of sp³-hybridized carbons (Fsp3) is 0.333. The molecule has 0 saturated heterocycles. The molecule has 0 radical (unpaired) electrons. The zero-order chi connectivity index (χ0) is 12.1. The van der Waals surface area contributed by atoms with Crippen LogP contribution in [0.15, 0.2) is 32.7 Å². The average molecular weight is 349 g/mol. The standard InChI is InChI=1S/C12H15Br2NO/c1-8(2)3-4-15-7-9-5-10(13)12(16)11(14)6-9/h3,5-6,15-16H,4,7H2,1-2H3. The van der Waals surface area contributed by atoms with Gasteiger partial charge in [0.1, 0.15) is 5.75 Å². The van der Waals surface area contributed by atoms with Crippen molar-refractivity contribution in [2.75, 3.05) is 6.54 Å². The summed E-state index contributed by atoms with van der Waals surface area (Å²) in [6, 6.07) is 3.82. The number of hydrogen-bond acceptors (Lipinski definition) is 2. The summed E-state index contributed by atoms with van der Waals surface area (Å²) in [7, 11) is 0. The average Bonchev–Trinajstić information content (AvgIpc) is 2.20. The monoisotopic (exact) mass is 347 g/mol. The van der Waals surface area contributed by atoms with E-state index in [-0.39, 0.29) is 5.75 Å². The van der Waals surface area contributed by atoms with Crippen LogP contribution in [-0.4, -0.2) is 11.7 Å². The van der Waals surface area contributed by atoms with Gasteiger partial charge in [-0.1, -0.05) is 11.6 Å². The molecule has 0 aliphatic heterocycles. The van der Waals surface area contributed by atoms with Crippen LogP contribution >= 0.6 is 31.9 Å². The predicted molar refractivity (Wildman–Crippen MR) is 74.6 cm³/mol. The zero-order valence-corrected chi connectivity index (χ0v) is 12.5. The molecule has 88 valence electrons. The van der Waals surface area contributed by atoms with Gasteiger partial charge < -0.3 is 10.4 Å². The van der Waals surface area contributed by atoms with Crippen LogP contribution in [0.3, 0.4) is 0 Å². The number of hydrogen-bond donors (Lipinski definition) is 2. The van der Waals surface area contributed by atoms with Crippen molar-refractivity contribution in [3.63, 3.8) is 0 Å². The number of phenolic OH excluding ortho intramolecular Hbond substituents is 1. The summed E-state index contributed by atoms with van der Waals surface area (Å²) >= 11 is 6.62. The molecule has 0 aromatic heterocycles. The van der Waals surface area contributed by atoms with Crippen molar-refractivity contribution in [1.29, 1.82) is 0 Å². The third-order valence-corrected chi connectivity index (χ3v) is 3.27. The number of phenols is 1. The maximum atomic E-state index is 9.55. The molecule has 2 N–H and O–H groups in total. The Kier molecular flexibility index (Phi) is 5.52. The van der Waals surface area contributed by atoms with Crippen LogP contribution in [0, 0.1) is 0 Å². The highest BCUT2D eigenvalue weighted by molar-refractivity contribution is 9.11. The molecule has 4 heteroatoms. The lowest BCUT2D eigenvalue weighted by atomic mass is 10.2. The van der Waals surface area contributed by atoms with Crippen LogP contribution in [0.1, 0.15) is 19.4 Å². The van der Waals surface area contributed by atoms with E-state index in [0.29, 0.717) is 8.95 Å². The van der Waals surface area contributed by atoms with E-state index >= 15 is 0 Å². The molecule has 0 unspecified atom stereocenters. The van der Waals surface area contributed by atoms with Crippen LogP contribution in [0.4, 0.5) is 0 Å². The third kappa shape index (κ3) is 4.28. The van der Waals surface area contributed by atoms with Gasteiger partial charge in [-0.3, -0.25) is 0 Å². The van der Waals surface area contributed by atoms with Crippen molar-refractivity contribution < 1.29 is 5.11 Å². The van der Waals surface area contributed by atoms with Gasteiger partial charge in [-0.25, -0.2) is 0 Å². The van der Waals surface area contributed by atoms with Crippen LogP contribution < -0.4 is 5.32 Å². The van der Waals surface area contributed by atoms with E-state index in [2.05, 4.69) is 57.1 Å². The second-order valence-corrected chi connectivity index (χ2v) is 5.53. The van der Waals surface area contributed by atoms with Crippen LogP contribution in [0.2, 0.25) is 0 Å². The first-order chi connectivity index (χ1) is 7.50. The molecule has 0 heterocycles. The maximum absolute atomic E-state index is 9.55. The topological polar surface area (TPSA) is 32.3 Å². The molecule has 0 spiro atoms. The highest BCUT2D eigenvalue weighted by Gasteiger charge is 2.05. The second-order valence-electron chi connectivity index (χ2n) is 3.82. The number of rotatable bonds is 4. The Bertz CT molecular complexity index is 375. The molecule has 0 amide bonds. The second kappa shape index (κ2) is 6.42. The van der Waals surface area contributed by atoms with Crippen LogP contribution in [0.5, 0.6) is 5.75 Å². The van der Waals surface area contributed by atoms with Gasteiger partial charge in [-0.2, -0.15) is 0 Å².